The molecule has 0 aliphatic heterocycles. The molecule has 14 rings (SSSR count). The van der Waals surface area contributed by atoms with E-state index in [0.29, 0.717) is 0 Å². The normalized spacial score (nSPS) is 10.9. The highest BCUT2D eigenvalue weighted by Crippen LogP contribution is 2.39. The Labute approximate surface area is 621 Å². The molecule has 4 heteroatoms. The van der Waals surface area contributed by atoms with Gasteiger partial charge in [-0.1, -0.05) is 187 Å². The van der Waals surface area contributed by atoms with E-state index in [4.69, 9.17) is 0 Å². The Morgan fingerprint density at radius 3 is 1.05 bits per heavy atom. The van der Waals surface area contributed by atoms with Crippen LogP contribution in [0.25, 0.3) is 112 Å². The van der Waals surface area contributed by atoms with Gasteiger partial charge in [0, 0.05) is 69.8 Å². The van der Waals surface area contributed by atoms with Crippen LogP contribution in [0, 0.1) is 111 Å². The summed E-state index contributed by atoms with van der Waals surface area (Å²) in [6, 6.07) is 88.1. The van der Waals surface area contributed by atoms with E-state index in [9.17, 15) is 0 Å². The Balaban J connectivity index is 0.000000141. The van der Waals surface area contributed by atoms with E-state index in [1.807, 2.05) is 0 Å². The number of hydrogen-bond donors (Lipinski definition) is 0. The van der Waals surface area contributed by atoms with E-state index in [1.54, 1.807) is 0 Å². The van der Waals surface area contributed by atoms with Gasteiger partial charge in [-0.2, -0.15) is 0 Å². The lowest BCUT2D eigenvalue weighted by Gasteiger charge is -2.16. The van der Waals surface area contributed by atoms with E-state index in [-0.39, 0.29) is 0 Å². The second-order valence-corrected chi connectivity index (χ2v) is 29.1. The highest BCUT2D eigenvalue weighted by molar-refractivity contribution is 5.83. The Kier molecular flexibility index (Phi) is 23.1. The summed E-state index contributed by atoms with van der Waals surface area (Å²) < 4.78 is 8.89. The molecule has 0 aliphatic rings. The van der Waals surface area contributed by atoms with Crippen molar-refractivity contribution in [3.8, 4) is 112 Å². The van der Waals surface area contributed by atoms with Gasteiger partial charge >= 0.3 is 0 Å². The Morgan fingerprint density at radius 1 is 0.173 bits per heavy atom. The minimum Gasteiger partial charge on any atom is -0.201 e. The van der Waals surface area contributed by atoms with Crippen molar-refractivity contribution in [1.29, 1.82) is 0 Å². The zero-order valence-corrected chi connectivity index (χ0v) is 65.2. The summed E-state index contributed by atoms with van der Waals surface area (Å²) in [5, 5.41) is 0. The van der Waals surface area contributed by atoms with Crippen LogP contribution in [-0.2, 0) is 28.2 Å². The van der Waals surface area contributed by atoms with Crippen molar-refractivity contribution in [3.63, 3.8) is 0 Å². The maximum absolute atomic E-state index is 2.38. The minimum absolute atomic E-state index is 1.24. The van der Waals surface area contributed by atoms with Crippen molar-refractivity contribution >= 4 is 0 Å². The largest absolute Gasteiger partial charge is 0.213 e. The van der Waals surface area contributed by atoms with Crippen molar-refractivity contribution in [2.24, 2.45) is 28.2 Å². The van der Waals surface area contributed by atoms with Crippen LogP contribution in [0.3, 0.4) is 0 Å². The fraction of sp³-hybridized carbons (Fsp3) is 0.200. The van der Waals surface area contributed by atoms with Crippen LogP contribution in [0.4, 0.5) is 0 Å². The number of aryl methyl sites for hydroxylation is 20. The van der Waals surface area contributed by atoms with Gasteiger partial charge in [-0.15, -0.1) is 0 Å². The molecule has 0 radical (unpaired) electrons. The van der Waals surface area contributed by atoms with Crippen molar-refractivity contribution in [1.82, 2.24) is 0 Å². The molecule has 104 heavy (non-hydrogen) atoms. The van der Waals surface area contributed by atoms with Gasteiger partial charge < -0.3 is 0 Å². The summed E-state index contributed by atoms with van der Waals surface area (Å²) in [4.78, 5) is 0. The molecule has 10 aromatic carbocycles. The van der Waals surface area contributed by atoms with E-state index >= 15 is 0 Å². The molecule has 4 heterocycles. The first-order chi connectivity index (χ1) is 49.8. The molecule has 0 saturated carbocycles. The van der Waals surface area contributed by atoms with Gasteiger partial charge in [0.25, 0.3) is 0 Å². The monoisotopic (exact) mass is 1360 g/mol. The first kappa shape index (κ1) is 74.0. The van der Waals surface area contributed by atoms with Crippen molar-refractivity contribution < 1.29 is 18.3 Å². The summed E-state index contributed by atoms with van der Waals surface area (Å²) in [5.41, 5.74) is 46.7. The quantitative estimate of drug-likeness (QED) is 0.121. The lowest BCUT2D eigenvalue weighted by Crippen LogP contribution is -2.31. The molecule has 4 nitrogen and oxygen atoms in total. The molecule has 0 unspecified atom stereocenters. The zero-order chi connectivity index (χ0) is 74.2. The molecule has 0 bridgehead atoms. The Hall–Kier alpha value is -11.2. The number of benzene rings is 10. The third-order valence-electron chi connectivity index (χ3n) is 20.7. The average molecular weight is 1360 g/mol. The lowest BCUT2D eigenvalue weighted by molar-refractivity contribution is -0.660. The van der Waals surface area contributed by atoms with Crippen LogP contribution in [0.1, 0.15) is 89.0 Å². The van der Waals surface area contributed by atoms with E-state index in [2.05, 4.69) is 425 Å². The van der Waals surface area contributed by atoms with Gasteiger partial charge in [-0.05, 0) is 275 Å². The van der Waals surface area contributed by atoms with Crippen molar-refractivity contribution in [3.05, 3.63) is 356 Å². The van der Waals surface area contributed by atoms with Gasteiger partial charge in [0.15, 0.2) is 24.8 Å². The summed E-state index contributed by atoms with van der Waals surface area (Å²) in [5.74, 6) is 0. The maximum atomic E-state index is 2.38. The fourth-order valence-electron chi connectivity index (χ4n) is 15.2. The number of aromatic nitrogens is 4. The summed E-state index contributed by atoms with van der Waals surface area (Å²) in [7, 11) is 8.50. The fourth-order valence-corrected chi connectivity index (χ4v) is 15.2. The lowest BCUT2D eigenvalue weighted by atomic mass is 9.89. The SMILES string of the molecule is Cc1cc(C)c(-c2cc(-c3cc(-c4ccccc4)c(C)cc3C)[n+](C)cc2C)c(C)c1.Cc1cc[n+](C)c(-c2cc(-c3ccccc3C)ccc2C)c1.Cc1ccc(-c2cc(-c3cc(-c4ccccc4)c(C)cc3C)[n+](C)cc2C)c(C)c1.Cc1ccccc1-c1ccc(C)c(-c2cccc[n+]2C)c1. The predicted octanol–water partition coefficient (Wildman–Crippen LogP) is 23.6. The van der Waals surface area contributed by atoms with E-state index in [0.717, 1.165) is 0 Å². The van der Waals surface area contributed by atoms with Crippen LogP contribution in [0.5, 0.6) is 0 Å². The molecule has 0 saturated heterocycles. The van der Waals surface area contributed by atoms with Crippen LogP contribution < -0.4 is 18.3 Å². The average Bonchev–Trinajstić information content (AvgIpc) is 0.777. The zero-order valence-electron chi connectivity index (χ0n) is 65.2. The van der Waals surface area contributed by atoms with Gasteiger partial charge in [-0.3, -0.25) is 0 Å². The topological polar surface area (TPSA) is 15.5 Å². The van der Waals surface area contributed by atoms with Crippen LogP contribution in [0.2, 0.25) is 0 Å². The summed E-state index contributed by atoms with van der Waals surface area (Å²) in [6.07, 6.45) is 8.75. The molecular weight excluding hydrogens is 1260 g/mol. The molecule has 14 aromatic rings. The molecule has 520 valence electrons. The molecule has 0 amide bonds. The van der Waals surface area contributed by atoms with Gasteiger partial charge in [0.05, 0.1) is 0 Å². The van der Waals surface area contributed by atoms with Crippen LogP contribution in [-0.4, -0.2) is 0 Å². The molecule has 0 N–H and O–H groups in total. The van der Waals surface area contributed by atoms with E-state index < -0.39 is 0 Å². The van der Waals surface area contributed by atoms with Crippen LogP contribution in [0.15, 0.2) is 267 Å². The van der Waals surface area contributed by atoms with Crippen molar-refractivity contribution in [2.45, 2.75) is 111 Å². The minimum atomic E-state index is 1.24. The third kappa shape index (κ3) is 16.6. The molecule has 0 aliphatic carbocycles. The van der Waals surface area contributed by atoms with Gasteiger partial charge in [0.1, 0.15) is 28.2 Å². The van der Waals surface area contributed by atoms with Gasteiger partial charge in [-0.25, -0.2) is 18.3 Å². The standard InChI is InChI=1S/C30H32N.C29H30N.C21H22N.C20H20N/c1-19-13-22(4)30(23(5)14-19)28-17-29(31(7)18-24(28)6)27-16-26(20(2)15-21(27)3)25-11-9-8-10-12-25;1-19-12-13-25(20(2)14-19)27-17-29(30(6)18-23(27)5)28-16-26(21(3)15-22(28)4)24-10-8-7-9-11-24;1-15-11-12-22(4)21(13-15)20-14-18(10-9-17(20)3)19-8-6-5-7-16(19)2;1-15-8-4-5-9-18(15)17-12-11-16(2)19(14-17)20-10-6-7-13-21(20)3/h8-18H,1-7H3;7-18H,1-6H3;5-14H,1-4H3;4-14H,1-3H3/q4*+1. The molecular formula is C100H104N4+4. The summed E-state index contributed by atoms with van der Waals surface area (Å²) in [6.45, 7) is 35.1. The number of nitrogens with zero attached hydrogens (tertiary/aromatic N) is 4. The van der Waals surface area contributed by atoms with Crippen molar-refractivity contribution in [2.75, 3.05) is 0 Å². The molecule has 0 spiro atoms. The first-order valence-electron chi connectivity index (χ1n) is 36.6. The molecule has 4 aromatic heterocycles. The highest BCUT2D eigenvalue weighted by atomic mass is 14.9. The highest BCUT2D eigenvalue weighted by Gasteiger charge is 2.23. The third-order valence-corrected chi connectivity index (χ3v) is 20.7. The number of hydrogen-bond acceptors (Lipinski definition) is 0. The second-order valence-electron chi connectivity index (χ2n) is 29.1. The number of pyridine rings is 4. The predicted molar refractivity (Wildman–Crippen MR) is 441 cm³/mol. The van der Waals surface area contributed by atoms with E-state index in [1.165, 1.54) is 201 Å². The first-order valence-corrected chi connectivity index (χ1v) is 36.6. The Bertz CT molecular complexity index is 5450. The number of rotatable bonds is 10. The van der Waals surface area contributed by atoms with Gasteiger partial charge in [0.2, 0.25) is 22.8 Å². The second kappa shape index (κ2) is 32.4. The Morgan fingerprint density at radius 2 is 0.558 bits per heavy atom. The maximum Gasteiger partial charge on any atom is 0.213 e. The van der Waals surface area contributed by atoms with Crippen LogP contribution >= 0.6 is 0 Å². The summed E-state index contributed by atoms with van der Waals surface area (Å²) >= 11 is 0. The molecule has 0 atom stereocenters. The smallest absolute Gasteiger partial charge is 0.201 e. The molecule has 0 fully saturated rings.